The minimum absolute atomic E-state index is 0.00746. The highest BCUT2D eigenvalue weighted by molar-refractivity contribution is 6.30. The molecule has 0 radical (unpaired) electrons. The van der Waals surface area contributed by atoms with Gasteiger partial charge in [-0.3, -0.25) is 0 Å². The van der Waals surface area contributed by atoms with Crippen LogP contribution in [0.3, 0.4) is 0 Å². The Balaban J connectivity index is 1.57. The standard InChI is InChI=1S/C28H22ClNO5/c1-17-6-8-20(9-7-17)33-16-24-22(15-34-28(32)18-4-3-5-19(29)14-18)27-21-10-13-26(31)35-25(21)12-11-23(27)30(24)2/h3-14H,15-16H2,1-2H3. The van der Waals surface area contributed by atoms with E-state index in [1.165, 1.54) is 6.07 Å². The minimum atomic E-state index is -0.485. The van der Waals surface area contributed by atoms with E-state index in [2.05, 4.69) is 0 Å². The summed E-state index contributed by atoms with van der Waals surface area (Å²) in [6.07, 6.45) is 0. The number of carbonyl (C=O) groups excluding carboxylic acids is 1. The molecule has 0 unspecified atom stereocenters. The fraction of sp³-hybridized carbons (Fsp3) is 0.143. The van der Waals surface area contributed by atoms with E-state index in [1.807, 2.05) is 48.9 Å². The monoisotopic (exact) mass is 487 g/mol. The number of benzene rings is 3. The number of ether oxygens (including phenoxy) is 2. The van der Waals surface area contributed by atoms with Crippen molar-refractivity contribution in [2.24, 2.45) is 7.05 Å². The molecule has 0 atom stereocenters. The summed E-state index contributed by atoms with van der Waals surface area (Å²) < 4.78 is 19.2. The fourth-order valence-corrected chi connectivity index (χ4v) is 4.38. The highest BCUT2D eigenvalue weighted by atomic mass is 35.5. The first-order chi connectivity index (χ1) is 16.9. The molecule has 35 heavy (non-hydrogen) atoms. The Morgan fingerprint density at radius 1 is 1.00 bits per heavy atom. The first-order valence-corrected chi connectivity index (χ1v) is 11.4. The molecular weight excluding hydrogens is 466 g/mol. The molecule has 5 aromatic rings. The normalized spacial score (nSPS) is 11.2. The van der Waals surface area contributed by atoms with Crippen molar-refractivity contribution in [1.82, 2.24) is 4.57 Å². The molecular formula is C28H22ClNO5. The van der Waals surface area contributed by atoms with Gasteiger partial charge in [-0.2, -0.15) is 0 Å². The lowest BCUT2D eigenvalue weighted by Gasteiger charge is -2.11. The Morgan fingerprint density at radius 3 is 2.57 bits per heavy atom. The second kappa shape index (κ2) is 9.31. The maximum Gasteiger partial charge on any atom is 0.338 e. The van der Waals surface area contributed by atoms with E-state index in [0.29, 0.717) is 16.2 Å². The summed E-state index contributed by atoms with van der Waals surface area (Å²) in [7, 11) is 1.93. The van der Waals surface area contributed by atoms with E-state index in [0.717, 1.165) is 38.9 Å². The van der Waals surface area contributed by atoms with Crippen molar-refractivity contribution in [3.05, 3.63) is 111 Å². The predicted molar refractivity (Wildman–Crippen MR) is 135 cm³/mol. The molecule has 5 rings (SSSR count). The average Bonchev–Trinajstić information content (AvgIpc) is 3.12. The zero-order chi connectivity index (χ0) is 24.5. The Hall–Kier alpha value is -4.03. The van der Waals surface area contributed by atoms with Gasteiger partial charge in [0.2, 0.25) is 0 Å². The van der Waals surface area contributed by atoms with Crippen molar-refractivity contribution < 1.29 is 18.7 Å². The lowest BCUT2D eigenvalue weighted by molar-refractivity contribution is 0.0472. The van der Waals surface area contributed by atoms with Gasteiger partial charge in [-0.15, -0.1) is 0 Å². The maximum atomic E-state index is 12.8. The highest BCUT2D eigenvalue weighted by Crippen LogP contribution is 2.33. The van der Waals surface area contributed by atoms with Crippen LogP contribution in [0.25, 0.3) is 21.9 Å². The van der Waals surface area contributed by atoms with Crippen LogP contribution < -0.4 is 10.4 Å². The van der Waals surface area contributed by atoms with E-state index < -0.39 is 11.6 Å². The second-order valence-electron chi connectivity index (χ2n) is 8.30. The number of aryl methyl sites for hydroxylation is 2. The van der Waals surface area contributed by atoms with Gasteiger partial charge in [-0.25, -0.2) is 9.59 Å². The Bertz CT molecular complexity index is 1620. The summed E-state index contributed by atoms with van der Waals surface area (Å²) in [6.45, 7) is 2.29. The molecule has 2 aromatic heterocycles. The van der Waals surface area contributed by atoms with Gasteiger partial charge in [-0.1, -0.05) is 35.4 Å². The van der Waals surface area contributed by atoms with Gasteiger partial charge in [0.05, 0.1) is 11.3 Å². The number of halogens is 1. The first-order valence-electron chi connectivity index (χ1n) is 11.1. The number of fused-ring (bicyclic) bond motifs is 3. The molecule has 176 valence electrons. The zero-order valence-electron chi connectivity index (χ0n) is 19.2. The third-order valence-corrected chi connectivity index (χ3v) is 6.24. The van der Waals surface area contributed by atoms with Crippen LogP contribution in [0.15, 0.2) is 82.0 Å². The van der Waals surface area contributed by atoms with E-state index in [-0.39, 0.29) is 13.2 Å². The number of aromatic nitrogens is 1. The Labute approximate surface area is 206 Å². The van der Waals surface area contributed by atoms with Crippen molar-refractivity contribution in [2.45, 2.75) is 20.1 Å². The topological polar surface area (TPSA) is 70.7 Å². The number of rotatable bonds is 6. The van der Waals surface area contributed by atoms with Crippen molar-refractivity contribution in [3.63, 3.8) is 0 Å². The van der Waals surface area contributed by atoms with E-state index in [4.69, 9.17) is 25.5 Å². The second-order valence-corrected chi connectivity index (χ2v) is 8.73. The van der Waals surface area contributed by atoms with E-state index >= 15 is 0 Å². The molecule has 0 aliphatic heterocycles. The van der Waals surface area contributed by atoms with Gasteiger partial charge < -0.3 is 18.5 Å². The maximum absolute atomic E-state index is 12.8. The number of nitrogens with zero attached hydrogens (tertiary/aromatic N) is 1. The molecule has 0 saturated carbocycles. The summed E-state index contributed by atoms with van der Waals surface area (Å²) in [5, 5.41) is 2.06. The lowest BCUT2D eigenvalue weighted by Crippen LogP contribution is -2.09. The van der Waals surface area contributed by atoms with Crippen LogP contribution in [0.2, 0.25) is 5.02 Å². The van der Waals surface area contributed by atoms with Crippen molar-refractivity contribution in [2.75, 3.05) is 0 Å². The molecule has 0 aliphatic carbocycles. The summed E-state index contributed by atoms with van der Waals surface area (Å²) >= 11 is 6.04. The number of hydrogen-bond acceptors (Lipinski definition) is 5. The van der Waals surface area contributed by atoms with Gasteiger partial charge in [0, 0.05) is 40.0 Å². The van der Waals surface area contributed by atoms with Gasteiger partial charge in [0.25, 0.3) is 0 Å². The summed E-state index contributed by atoms with van der Waals surface area (Å²) in [5.41, 5.74) is 4.08. The molecule has 7 heteroatoms. The summed E-state index contributed by atoms with van der Waals surface area (Å²) in [5.74, 6) is 0.250. The van der Waals surface area contributed by atoms with Gasteiger partial charge in [0.15, 0.2) is 0 Å². The van der Waals surface area contributed by atoms with Crippen LogP contribution >= 0.6 is 11.6 Å². The van der Waals surface area contributed by atoms with Crippen LogP contribution in [0.5, 0.6) is 5.75 Å². The molecule has 0 fully saturated rings. The van der Waals surface area contributed by atoms with Crippen molar-refractivity contribution in [1.29, 1.82) is 0 Å². The lowest BCUT2D eigenvalue weighted by atomic mass is 10.1. The fourth-order valence-electron chi connectivity index (χ4n) is 4.19. The van der Waals surface area contributed by atoms with Crippen LogP contribution in [0.1, 0.15) is 27.2 Å². The number of carbonyl (C=O) groups is 1. The van der Waals surface area contributed by atoms with Crippen molar-refractivity contribution >= 4 is 39.4 Å². The van der Waals surface area contributed by atoms with Crippen LogP contribution in [0, 0.1) is 6.92 Å². The third kappa shape index (κ3) is 4.53. The highest BCUT2D eigenvalue weighted by Gasteiger charge is 2.21. The van der Waals surface area contributed by atoms with Crippen LogP contribution in [-0.4, -0.2) is 10.5 Å². The van der Waals surface area contributed by atoms with Crippen LogP contribution in [-0.2, 0) is 25.0 Å². The molecule has 0 saturated heterocycles. The Kier molecular flexibility index (Phi) is 6.05. The molecule has 3 aromatic carbocycles. The molecule has 0 aliphatic rings. The summed E-state index contributed by atoms with van der Waals surface area (Å²) in [6, 6.07) is 21.2. The van der Waals surface area contributed by atoms with Gasteiger partial charge in [0.1, 0.15) is 24.5 Å². The first kappa shape index (κ1) is 22.7. The number of hydrogen-bond donors (Lipinski definition) is 0. The third-order valence-electron chi connectivity index (χ3n) is 6.00. The molecule has 6 nitrogen and oxygen atoms in total. The van der Waals surface area contributed by atoms with Crippen molar-refractivity contribution in [3.8, 4) is 5.75 Å². The largest absolute Gasteiger partial charge is 0.487 e. The average molecular weight is 488 g/mol. The van der Waals surface area contributed by atoms with E-state index in [1.54, 1.807) is 36.4 Å². The summed E-state index contributed by atoms with van der Waals surface area (Å²) in [4.78, 5) is 24.6. The minimum Gasteiger partial charge on any atom is -0.487 e. The van der Waals surface area contributed by atoms with Gasteiger partial charge in [-0.05, 0) is 55.5 Å². The molecule has 0 N–H and O–H groups in total. The molecule has 0 amide bonds. The molecule has 0 bridgehead atoms. The zero-order valence-corrected chi connectivity index (χ0v) is 20.0. The van der Waals surface area contributed by atoms with E-state index in [9.17, 15) is 9.59 Å². The van der Waals surface area contributed by atoms with Crippen LogP contribution in [0.4, 0.5) is 0 Å². The number of esters is 1. The predicted octanol–water partition coefficient (Wildman–Crippen LogP) is 6.18. The smallest absolute Gasteiger partial charge is 0.338 e. The molecule has 2 heterocycles. The Morgan fingerprint density at radius 2 is 1.80 bits per heavy atom. The van der Waals surface area contributed by atoms with Gasteiger partial charge >= 0.3 is 11.6 Å². The quantitative estimate of drug-likeness (QED) is 0.211. The SMILES string of the molecule is Cc1ccc(OCc2c(COC(=O)c3cccc(Cl)c3)c3c4ccc(=O)oc4ccc3n2C)cc1. The molecule has 0 spiro atoms.